The van der Waals surface area contributed by atoms with E-state index in [9.17, 15) is 9.59 Å². The second-order valence-electron chi connectivity index (χ2n) is 8.31. The Balaban J connectivity index is 1.76. The molecule has 0 radical (unpaired) electrons. The van der Waals surface area contributed by atoms with Gasteiger partial charge in [0.2, 0.25) is 5.91 Å². The van der Waals surface area contributed by atoms with Gasteiger partial charge in [0, 0.05) is 31.8 Å². The molecule has 0 N–H and O–H groups in total. The van der Waals surface area contributed by atoms with E-state index in [2.05, 4.69) is 4.98 Å². The third kappa shape index (κ3) is 7.06. The number of aromatic nitrogens is 2. The second-order valence-corrected chi connectivity index (χ2v) is 9.69. The Labute approximate surface area is 203 Å². The third-order valence-electron chi connectivity index (χ3n) is 5.15. The zero-order chi connectivity index (χ0) is 24.0. The lowest BCUT2D eigenvalue weighted by atomic mass is 10.1. The van der Waals surface area contributed by atoms with Crippen molar-refractivity contribution < 1.29 is 9.53 Å². The average Bonchev–Trinajstić information content (AvgIpc) is 2.77. The van der Waals surface area contributed by atoms with Gasteiger partial charge in [-0.2, -0.15) is 0 Å². The number of halogens is 1. The number of hydrogen-bond acceptors (Lipinski definition) is 5. The van der Waals surface area contributed by atoms with Crippen LogP contribution in [0.15, 0.2) is 52.4 Å². The maximum absolute atomic E-state index is 13.2. The summed E-state index contributed by atoms with van der Waals surface area (Å²) in [7, 11) is 1.78. The molecule has 2 aromatic carbocycles. The van der Waals surface area contributed by atoms with Crippen LogP contribution in [0.4, 0.5) is 0 Å². The maximum atomic E-state index is 13.2. The molecule has 0 aliphatic heterocycles. The minimum atomic E-state index is -0.135. The molecule has 1 aromatic heterocycles. The molecule has 0 atom stereocenters. The number of benzene rings is 2. The maximum Gasteiger partial charge on any atom is 0.262 e. The normalized spacial score (nSPS) is 11.3. The van der Waals surface area contributed by atoms with Gasteiger partial charge in [0.15, 0.2) is 5.16 Å². The number of nitrogens with zero attached hydrogens (tertiary/aromatic N) is 3. The van der Waals surface area contributed by atoms with E-state index >= 15 is 0 Å². The molecule has 0 aliphatic rings. The molecule has 0 aliphatic carbocycles. The van der Waals surface area contributed by atoms with Crippen LogP contribution >= 0.6 is 23.4 Å². The van der Waals surface area contributed by atoms with E-state index in [1.165, 1.54) is 17.3 Å². The number of fused-ring (bicyclic) bond motifs is 1. The van der Waals surface area contributed by atoms with Crippen molar-refractivity contribution in [1.29, 1.82) is 0 Å². The number of carbonyl (C=O) groups is 1. The van der Waals surface area contributed by atoms with Crippen molar-refractivity contribution in [3.63, 3.8) is 0 Å². The van der Waals surface area contributed by atoms with Gasteiger partial charge in [0.1, 0.15) is 0 Å². The summed E-state index contributed by atoms with van der Waals surface area (Å²) in [5.74, 6) is 0.152. The van der Waals surface area contributed by atoms with Gasteiger partial charge in [-0.25, -0.2) is 4.98 Å². The van der Waals surface area contributed by atoms with Crippen molar-refractivity contribution in [2.24, 2.45) is 0 Å². The Morgan fingerprint density at radius 3 is 2.64 bits per heavy atom. The molecule has 1 amide bonds. The quantitative estimate of drug-likeness (QED) is 0.230. The molecule has 0 saturated heterocycles. The SMILES string of the molecule is Cc1ccc(CN(C)C(=O)CSc2nc3cc(Cl)ccc3c(=O)n2CCCOC(C)C)cc1. The molecule has 176 valence electrons. The van der Waals surface area contributed by atoms with E-state index in [4.69, 9.17) is 16.3 Å². The number of rotatable bonds is 10. The Hall–Kier alpha value is -2.35. The number of ether oxygens (including phenoxy) is 1. The van der Waals surface area contributed by atoms with Crippen LogP contribution in [-0.4, -0.2) is 45.9 Å². The van der Waals surface area contributed by atoms with Crippen molar-refractivity contribution in [2.45, 2.75) is 51.5 Å². The van der Waals surface area contributed by atoms with Gasteiger partial charge in [-0.1, -0.05) is 53.2 Å². The Morgan fingerprint density at radius 2 is 1.94 bits per heavy atom. The molecule has 1 heterocycles. The molecule has 0 unspecified atom stereocenters. The van der Waals surface area contributed by atoms with Gasteiger partial charge in [-0.15, -0.1) is 0 Å². The first-order chi connectivity index (χ1) is 15.7. The molecule has 3 aromatic rings. The van der Waals surface area contributed by atoms with Crippen LogP contribution in [0.5, 0.6) is 0 Å². The van der Waals surface area contributed by atoms with Crippen molar-refractivity contribution in [2.75, 3.05) is 19.4 Å². The summed E-state index contributed by atoms with van der Waals surface area (Å²) in [5, 5.41) is 1.54. The molecule has 6 nitrogen and oxygen atoms in total. The molecular weight excluding hydrogens is 458 g/mol. The Bertz CT molecular complexity index is 1160. The number of aryl methyl sites for hydroxylation is 1. The van der Waals surface area contributed by atoms with Crippen LogP contribution in [0, 0.1) is 6.92 Å². The lowest BCUT2D eigenvalue weighted by Gasteiger charge is -2.18. The summed E-state index contributed by atoms with van der Waals surface area (Å²) in [6.45, 7) is 7.53. The largest absolute Gasteiger partial charge is 0.379 e. The molecule has 8 heteroatoms. The summed E-state index contributed by atoms with van der Waals surface area (Å²) < 4.78 is 7.26. The van der Waals surface area contributed by atoms with Gasteiger partial charge in [0.05, 0.1) is 22.8 Å². The van der Waals surface area contributed by atoms with Crippen molar-refractivity contribution in [3.05, 3.63) is 69.0 Å². The number of hydrogen-bond donors (Lipinski definition) is 0. The van der Waals surface area contributed by atoms with Crippen LogP contribution < -0.4 is 5.56 Å². The second kappa shape index (κ2) is 11.7. The van der Waals surface area contributed by atoms with Crippen LogP contribution in [0.25, 0.3) is 10.9 Å². The third-order valence-corrected chi connectivity index (χ3v) is 6.35. The van der Waals surface area contributed by atoms with Gasteiger partial charge < -0.3 is 9.64 Å². The summed E-state index contributed by atoms with van der Waals surface area (Å²) in [4.78, 5) is 32.3. The van der Waals surface area contributed by atoms with E-state index < -0.39 is 0 Å². The molecule has 0 bridgehead atoms. The molecule has 33 heavy (non-hydrogen) atoms. The van der Waals surface area contributed by atoms with E-state index in [1.54, 1.807) is 34.7 Å². The molecule has 0 fully saturated rings. The molecule has 3 rings (SSSR count). The fraction of sp³-hybridized carbons (Fsp3) is 0.400. The van der Waals surface area contributed by atoms with E-state index in [0.29, 0.717) is 47.2 Å². The minimum absolute atomic E-state index is 0.0318. The lowest BCUT2D eigenvalue weighted by Crippen LogP contribution is -2.29. The predicted molar refractivity (Wildman–Crippen MR) is 135 cm³/mol. The van der Waals surface area contributed by atoms with Crippen LogP contribution in [0.2, 0.25) is 5.02 Å². The highest BCUT2D eigenvalue weighted by Crippen LogP contribution is 2.21. The smallest absolute Gasteiger partial charge is 0.262 e. The number of amides is 1. The summed E-state index contributed by atoms with van der Waals surface area (Å²) in [6, 6.07) is 13.2. The number of carbonyl (C=O) groups excluding carboxylic acids is 1. The standard InChI is InChI=1S/C25H30ClN3O3S/c1-17(2)32-13-5-12-29-24(31)21-11-10-20(26)14-22(21)27-25(29)33-16-23(30)28(4)15-19-8-6-18(3)7-9-19/h6-11,14,17H,5,12-13,15-16H2,1-4H3. The Kier molecular flexibility index (Phi) is 8.95. The zero-order valence-corrected chi connectivity index (χ0v) is 21.1. The zero-order valence-electron chi connectivity index (χ0n) is 19.5. The molecule has 0 spiro atoms. The van der Waals surface area contributed by atoms with Crippen LogP contribution in [0.3, 0.4) is 0 Å². The first-order valence-corrected chi connectivity index (χ1v) is 12.3. The average molecular weight is 488 g/mol. The summed E-state index contributed by atoms with van der Waals surface area (Å²) in [5.41, 5.74) is 2.65. The fourth-order valence-electron chi connectivity index (χ4n) is 3.31. The van der Waals surface area contributed by atoms with Crippen LogP contribution in [0.1, 0.15) is 31.4 Å². The van der Waals surface area contributed by atoms with Gasteiger partial charge in [-0.05, 0) is 51.0 Å². The van der Waals surface area contributed by atoms with Gasteiger partial charge in [0.25, 0.3) is 5.56 Å². The summed E-state index contributed by atoms with van der Waals surface area (Å²) in [6.07, 6.45) is 0.808. The van der Waals surface area contributed by atoms with Crippen molar-refractivity contribution >= 4 is 40.2 Å². The van der Waals surface area contributed by atoms with Crippen molar-refractivity contribution in [1.82, 2.24) is 14.5 Å². The van der Waals surface area contributed by atoms with Gasteiger partial charge in [-0.3, -0.25) is 14.2 Å². The van der Waals surface area contributed by atoms with Gasteiger partial charge >= 0.3 is 0 Å². The monoisotopic (exact) mass is 487 g/mol. The van der Waals surface area contributed by atoms with E-state index in [0.717, 1.165) is 5.56 Å². The molecular formula is C25H30ClN3O3S. The highest BCUT2D eigenvalue weighted by Gasteiger charge is 2.16. The van der Waals surface area contributed by atoms with Crippen molar-refractivity contribution in [3.8, 4) is 0 Å². The summed E-state index contributed by atoms with van der Waals surface area (Å²) >= 11 is 7.39. The highest BCUT2D eigenvalue weighted by atomic mass is 35.5. The van der Waals surface area contributed by atoms with Crippen LogP contribution in [-0.2, 0) is 22.6 Å². The Morgan fingerprint density at radius 1 is 1.21 bits per heavy atom. The fourth-order valence-corrected chi connectivity index (χ4v) is 4.45. The van der Waals surface area contributed by atoms with E-state index in [-0.39, 0.29) is 23.3 Å². The topological polar surface area (TPSA) is 64.4 Å². The lowest BCUT2D eigenvalue weighted by molar-refractivity contribution is -0.127. The first kappa shape index (κ1) is 25.3. The predicted octanol–water partition coefficient (Wildman–Crippen LogP) is 4.92. The van der Waals surface area contributed by atoms with E-state index in [1.807, 2.05) is 45.0 Å². The molecule has 0 saturated carbocycles. The minimum Gasteiger partial charge on any atom is -0.379 e. The number of thioether (sulfide) groups is 1. The highest BCUT2D eigenvalue weighted by molar-refractivity contribution is 7.99. The first-order valence-electron chi connectivity index (χ1n) is 11.0.